The summed E-state index contributed by atoms with van der Waals surface area (Å²) in [5.41, 5.74) is 8.25. The Morgan fingerprint density at radius 1 is 1.56 bits per heavy atom. The van der Waals surface area contributed by atoms with E-state index in [2.05, 4.69) is 15.4 Å². The molecule has 1 fully saturated rings. The average molecular weight is 217 g/mol. The molecule has 0 aliphatic carbocycles. The Balaban J connectivity index is 1.86. The van der Waals surface area contributed by atoms with Gasteiger partial charge in [0.1, 0.15) is 0 Å². The zero-order valence-corrected chi connectivity index (χ0v) is 9.06. The average Bonchev–Trinajstić information content (AvgIpc) is 2.86. The van der Waals surface area contributed by atoms with Crippen molar-refractivity contribution in [3.8, 4) is 0 Å². The maximum atomic E-state index is 5.66. The first kappa shape index (κ1) is 9.59. The van der Waals surface area contributed by atoms with Crippen LogP contribution in [0.1, 0.15) is 18.5 Å². The Morgan fingerprint density at radius 2 is 2.50 bits per heavy atom. The van der Waals surface area contributed by atoms with Gasteiger partial charge in [-0.05, 0) is 19.4 Å². The van der Waals surface area contributed by atoms with E-state index in [4.69, 9.17) is 5.73 Å². The first-order chi connectivity index (χ1) is 7.81. The molecule has 1 aliphatic heterocycles. The maximum Gasteiger partial charge on any atom is 0.155 e. The highest BCUT2D eigenvalue weighted by Gasteiger charge is 2.16. The lowest BCUT2D eigenvalue weighted by atomic mass is 10.1. The Morgan fingerprint density at radius 3 is 3.31 bits per heavy atom. The van der Waals surface area contributed by atoms with Crippen molar-refractivity contribution in [1.29, 1.82) is 0 Å². The maximum absolute atomic E-state index is 5.66. The quantitative estimate of drug-likeness (QED) is 0.773. The molecule has 84 valence electrons. The molecule has 0 amide bonds. The number of nitrogens with zero attached hydrogens (tertiary/aromatic N) is 3. The molecule has 3 N–H and O–H groups in total. The summed E-state index contributed by atoms with van der Waals surface area (Å²) in [6, 6.07) is 2.60. The number of rotatable bonds is 2. The molecular formula is C11H15N5. The standard InChI is InChI=1S/C11H15N5/c12-8-6-14-11-5-10(15-16(11)7-8)4-9-2-1-3-13-9/h5-7,9,13H,1-4,12H2. The summed E-state index contributed by atoms with van der Waals surface area (Å²) in [4.78, 5) is 4.23. The molecule has 5 nitrogen and oxygen atoms in total. The third-order valence-electron chi connectivity index (χ3n) is 3.00. The number of nitrogen functional groups attached to an aromatic ring is 1. The largest absolute Gasteiger partial charge is 0.396 e. The number of nitrogens with two attached hydrogens (primary N) is 1. The summed E-state index contributed by atoms with van der Waals surface area (Å²) < 4.78 is 1.75. The van der Waals surface area contributed by atoms with Crippen molar-refractivity contribution in [2.75, 3.05) is 12.3 Å². The molecule has 3 rings (SSSR count). The van der Waals surface area contributed by atoms with Gasteiger partial charge in [0.2, 0.25) is 0 Å². The van der Waals surface area contributed by atoms with E-state index in [1.807, 2.05) is 6.07 Å². The van der Waals surface area contributed by atoms with Crippen molar-refractivity contribution in [2.24, 2.45) is 0 Å². The van der Waals surface area contributed by atoms with Crippen LogP contribution in [0.3, 0.4) is 0 Å². The summed E-state index contributed by atoms with van der Waals surface area (Å²) in [6.07, 6.45) is 6.94. The second kappa shape index (κ2) is 3.75. The van der Waals surface area contributed by atoms with Gasteiger partial charge < -0.3 is 11.1 Å². The summed E-state index contributed by atoms with van der Waals surface area (Å²) in [7, 11) is 0. The molecule has 0 bridgehead atoms. The molecule has 1 unspecified atom stereocenters. The summed E-state index contributed by atoms with van der Waals surface area (Å²) in [6.45, 7) is 1.13. The number of hydrogen-bond donors (Lipinski definition) is 2. The minimum absolute atomic E-state index is 0.572. The molecule has 16 heavy (non-hydrogen) atoms. The lowest BCUT2D eigenvalue weighted by molar-refractivity contribution is 0.592. The number of hydrogen-bond acceptors (Lipinski definition) is 4. The van der Waals surface area contributed by atoms with E-state index >= 15 is 0 Å². The third-order valence-corrected chi connectivity index (χ3v) is 3.00. The minimum Gasteiger partial charge on any atom is -0.396 e. The zero-order valence-electron chi connectivity index (χ0n) is 9.06. The fourth-order valence-corrected chi connectivity index (χ4v) is 2.22. The van der Waals surface area contributed by atoms with Crippen molar-refractivity contribution in [3.63, 3.8) is 0 Å². The normalized spacial score (nSPS) is 20.6. The number of fused-ring (bicyclic) bond motifs is 1. The van der Waals surface area contributed by atoms with Gasteiger partial charge in [0.05, 0.1) is 23.8 Å². The number of anilines is 1. The second-order valence-corrected chi connectivity index (χ2v) is 4.32. The zero-order chi connectivity index (χ0) is 11.0. The van der Waals surface area contributed by atoms with Crippen LogP contribution in [0.25, 0.3) is 5.65 Å². The lowest BCUT2D eigenvalue weighted by Crippen LogP contribution is -2.23. The smallest absolute Gasteiger partial charge is 0.155 e. The van der Waals surface area contributed by atoms with Crippen LogP contribution < -0.4 is 11.1 Å². The van der Waals surface area contributed by atoms with Crippen LogP contribution in [-0.4, -0.2) is 27.2 Å². The molecule has 1 aliphatic rings. The summed E-state index contributed by atoms with van der Waals surface area (Å²) >= 11 is 0. The number of aromatic nitrogens is 3. The van der Waals surface area contributed by atoms with Crippen LogP contribution in [-0.2, 0) is 6.42 Å². The first-order valence-electron chi connectivity index (χ1n) is 5.64. The molecule has 5 heteroatoms. The lowest BCUT2D eigenvalue weighted by Gasteiger charge is -2.06. The Hall–Kier alpha value is -1.62. The SMILES string of the molecule is Nc1cnc2cc(CC3CCCN3)nn2c1. The van der Waals surface area contributed by atoms with Crippen molar-refractivity contribution in [3.05, 3.63) is 24.2 Å². The minimum atomic E-state index is 0.572. The van der Waals surface area contributed by atoms with Gasteiger partial charge in [0, 0.05) is 18.5 Å². The third kappa shape index (κ3) is 1.74. The molecular weight excluding hydrogens is 202 g/mol. The van der Waals surface area contributed by atoms with Gasteiger partial charge in [-0.15, -0.1) is 0 Å². The highest BCUT2D eigenvalue weighted by Crippen LogP contribution is 2.13. The molecule has 2 aromatic heterocycles. The molecule has 0 spiro atoms. The fourth-order valence-electron chi connectivity index (χ4n) is 2.22. The van der Waals surface area contributed by atoms with E-state index < -0.39 is 0 Å². The van der Waals surface area contributed by atoms with Crippen molar-refractivity contribution in [1.82, 2.24) is 19.9 Å². The Kier molecular flexibility index (Phi) is 2.25. The van der Waals surface area contributed by atoms with E-state index in [1.54, 1.807) is 16.9 Å². The van der Waals surface area contributed by atoms with Gasteiger partial charge in [-0.3, -0.25) is 0 Å². The van der Waals surface area contributed by atoms with Crippen LogP contribution in [0.2, 0.25) is 0 Å². The molecule has 0 radical (unpaired) electrons. The van der Waals surface area contributed by atoms with Gasteiger partial charge in [0.15, 0.2) is 5.65 Å². The molecule has 3 heterocycles. The van der Waals surface area contributed by atoms with Crippen LogP contribution >= 0.6 is 0 Å². The van der Waals surface area contributed by atoms with E-state index in [1.165, 1.54) is 12.8 Å². The van der Waals surface area contributed by atoms with E-state index in [0.29, 0.717) is 11.7 Å². The summed E-state index contributed by atoms with van der Waals surface area (Å²) in [5.74, 6) is 0. The highest BCUT2D eigenvalue weighted by molar-refractivity contribution is 5.44. The first-order valence-corrected chi connectivity index (χ1v) is 5.64. The fraction of sp³-hybridized carbons (Fsp3) is 0.455. The Labute approximate surface area is 93.7 Å². The molecule has 1 atom stereocenters. The van der Waals surface area contributed by atoms with Gasteiger partial charge >= 0.3 is 0 Å². The van der Waals surface area contributed by atoms with Crippen LogP contribution in [0.5, 0.6) is 0 Å². The monoisotopic (exact) mass is 217 g/mol. The van der Waals surface area contributed by atoms with Crippen molar-refractivity contribution in [2.45, 2.75) is 25.3 Å². The van der Waals surface area contributed by atoms with Crippen molar-refractivity contribution >= 4 is 11.3 Å². The number of nitrogens with one attached hydrogen (secondary N) is 1. The molecule has 0 saturated carbocycles. The van der Waals surface area contributed by atoms with Gasteiger partial charge in [-0.2, -0.15) is 5.10 Å². The van der Waals surface area contributed by atoms with Gasteiger partial charge in [-0.25, -0.2) is 9.50 Å². The van der Waals surface area contributed by atoms with Crippen LogP contribution in [0.4, 0.5) is 5.69 Å². The van der Waals surface area contributed by atoms with Gasteiger partial charge in [0.25, 0.3) is 0 Å². The predicted octanol–water partition coefficient (Wildman–Crippen LogP) is 0.606. The summed E-state index contributed by atoms with van der Waals surface area (Å²) in [5, 5.41) is 7.94. The van der Waals surface area contributed by atoms with E-state index in [-0.39, 0.29) is 0 Å². The van der Waals surface area contributed by atoms with Gasteiger partial charge in [-0.1, -0.05) is 0 Å². The van der Waals surface area contributed by atoms with Crippen LogP contribution in [0, 0.1) is 0 Å². The topological polar surface area (TPSA) is 68.2 Å². The predicted molar refractivity (Wildman–Crippen MR) is 62.1 cm³/mol. The molecule has 2 aromatic rings. The second-order valence-electron chi connectivity index (χ2n) is 4.32. The van der Waals surface area contributed by atoms with E-state index in [0.717, 1.165) is 24.3 Å². The molecule has 1 saturated heterocycles. The Bertz CT molecular complexity index is 498. The molecule has 0 aromatic carbocycles. The van der Waals surface area contributed by atoms with Crippen LogP contribution in [0.15, 0.2) is 18.5 Å². The highest BCUT2D eigenvalue weighted by atomic mass is 15.2. The van der Waals surface area contributed by atoms with Crippen molar-refractivity contribution < 1.29 is 0 Å². The van der Waals surface area contributed by atoms with E-state index in [9.17, 15) is 0 Å².